The fraction of sp³-hybridized carbons (Fsp3) is 0.333. The van der Waals surface area contributed by atoms with Gasteiger partial charge in [0.05, 0.1) is 12.2 Å². The normalized spacial score (nSPS) is 12.4. The molecule has 90 valence electrons. The van der Waals surface area contributed by atoms with Gasteiger partial charge >= 0.3 is 0 Å². The first kappa shape index (κ1) is 12.0. The highest BCUT2D eigenvalue weighted by Crippen LogP contribution is 2.28. The first-order valence-electron chi connectivity index (χ1n) is 5.51. The van der Waals surface area contributed by atoms with Crippen LogP contribution in [0.3, 0.4) is 0 Å². The summed E-state index contributed by atoms with van der Waals surface area (Å²) in [5.41, 5.74) is 6.73. The average molecular weight is 248 g/mol. The molecule has 4 nitrogen and oxygen atoms in total. The fourth-order valence-electron chi connectivity index (χ4n) is 1.71. The summed E-state index contributed by atoms with van der Waals surface area (Å²) in [7, 11) is 2.02. The molecule has 17 heavy (non-hydrogen) atoms. The Morgan fingerprint density at radius 2 is 2.29 bits per heavy atom. The third-order valence-corrected chi connectivity index (χ3v) is 3.91. The van der Waals surface area contributed by atoms with Gasteiger partial charge in [-0.05, 0) is 24.4 Å². The molecule has 2 aromatic rings. The number of nitrogens with two attached hydrogens (primary N) is 1. The fourth-order valence-corrected chi connectivity index (χ4v) is 2.54. The maximum Gasteiger partial charge on any atom is 0.156 e. The van der Waals surface area contributed by atoms with E-state index in [1.54, 1.807) is 17.5 Å². The van der Waals surface area contributed by atoms with Crippen molar-refractivity contribution < 1.29 is 0 Å². The van der Waals surface area contributed by atoms with Gasteiger partial charge in [-0.15, -0.1) is 16.4 Å². The molecule has 0 aliphatic heterocycles. The zero-order valence-electron chi connectivity index (χ0n) is 10.00. The SMILES string of the molecule is CC(c1cccs1)N(C)c1nnccc1CN. The molecule has 2 N–H and O–H groups in total. The quantitative estimate of drug-likeness (QED) is 0.901. The van der Waals surface area contributed by atoms with Crippen LogP contribution >= 0.6 is 11.3 Å². The van der Waals surface area contributed by atoms with Crippen molar-refractivity contribution in [2.75, 3.05) is 11.9 Å². The van der Waals surface area contributed by atoms with Crippen LogP contribution in [0.15, 0.2) is 29.8 Å². The molecule has 0 aliphatic carbocycles. The molecule has 0 saturated carbocycles. The molecule has 1 unspecified atom stereocenters. The summed E-state index contributed by atoms with van der Waals surface area (Å²) in [6.45, 7) is 2.63. The molecule has 0 saturated heterocycles. The van der Waals surface area contributed by atoms with Gasteiger partial charge < -0.3 is 10.6 Å². The van der Waals surface area contributed by atoms with Gasteiger partial charge in [-0.2, -0.15) is 5.10 Å². The number of rotatable bonds is 4. The molecule has 0 radical (unpaired) electrons. The molecule has 2 heterocycles. The van der Waals surface area contributed by atoms with E-state index in [1.807, 2.05) is 13.1 Å². The predicted octanol–water partition coefficient (Wildman–Crippen LogP) is 2.19. The van der Waals surface area contributed by atoms with Gasteiger partial charge in [0.2, 0.25) is 0 Å². The Morgan fingerprint density at radius 1 is 1.47 bits per heavy atom. The van der Waals surface area contributed by atoms with Crippen LogP contribution in [0.5, 0.6) is 0 Å². The summed E-state index contributed by atoms with van der Waals surface area (Å²) in [6, 6.07) is 6.38. The van der Waals surface area contributed by atoms with E-state index in [2.05, 4.69) is 39.5 Å². The first-order chi connectivity index (χ1) is 8.24. The number of hydrogen-bond donors (Lipinski definition) is 1. The molecule has 2 rings (SSSR count). The van der Waals surface area contributed by atoms with E-state index in [0.717, 1.165) is 11.4 Å². The monoisotopic (exact) mass is 248 g/mol. The van der Waals surface area contributed by atoms with Crippen LogP contribution in [0.2, 0.25) is 0 Å². The number of nitrogens with zero attached hydrogens (tertiary/aromatic N) is 3. The van der Waals surface area contributed by atoms with E-state index >= 15 is 0 Å². The number of anilines is 1. The van der Waals surface area contributed by atoms with Gasteiger partial charge in [-0.1, -0.05) is 6.07 Å². The van der Waals surface area contributed by atoms with Crippen LogP contribution in [0.1, 0.15) is 23.4 Å². The summed E-state index contributed by atoms with van der Waals surface area (Å²) in [5, 5.41) is 10.2. The standard InChI is InChI=1S/C12H16N4S/c1-9(11-4-3-7-17-11)16(2)12-10(8-13)5-6-14-15-12/h3-7,9H,8,13H2,1-2H3. The van der Waals surface area contributed by atoms with Crippen molar-refractivity contribution in [1.82, 2.24) is 10.2 Å². The maximum absolute atomic E-state index is 5.72. The molecular weight excluding hydrogens is 232 g/mol. The Labute approximate surface area is 105 Å². The molecule has 1 atom stereocenters. The number of thiophene rings is 1. The lowest BCUT2D eigenvalue weighted by Crippen LogP contribution is -2.24. The van der Waals surface area contributed by atoms with Gasteiger partial charge in [0.25, 0.3) is 0 Å². The third kappa shape index (κ3) is 2.45. The second-order valence-corrected chi connectivity index (χ2v) is 4.87. The summed E-state index contributed by atoms with van der Waals surface area (Å²) in [5.74, 6) is 0.857. The van der Waals surface area contributed by atoms with Crippen molar-refractivity contribution in [1.29, 1.82) is 0 Å². The Morgan fingerprint density at radius 3 is 2.94 bits per heavy atom. The lowest BCUT2D eigenvalue weighted by atomic mass is 10.2. The highest BCUT2D eigenvalue weighted by molar-refractivity contribution is 7.10. The summed E-state index contributed by atoms with van der Waals surface area (Å²) in [6.07, 6.45) is 1.68. The van der Waals surface area contributed by atoms with Crippen molar-refractivity contribution >= 4 is 17.2 Å². The van der Waals surface area contributed by atoms with Crippen LogP contribution in [0.4, 0.5) is 5.82 Å². The Balaban J connectivity index is 2.27. The van der Waals surface area contributed by atoms with Crippen molar-refractivity contribution in [3.63, 3.8) is 0 Å². The summed E-state index contributed by atoms with van der Waals surface area (Å²) >= 11 is 1.75. The van der Waals surface area contributed by atoms with Gasteiger partial charge in [0.15, 0.2) is 5.82 Å². The van der Waals surface area contributed by atoms with Crippen molar-refractivity contribution in [2.24, 2.45) is 5.73 Å². The Kier molecular flexibility index (Phi) is 3.71. The van der Waals surface area contributed by atoms with Crippen LogP contribution in [0.25, 0.3) is 0 Å². The second-order valence-electron chi connectivity index (χ2n) is 3.89. The van der Waals surface area contributed by atoms with Gasteiger partial charge in [0.1, 0.15) is 0 Å². The summed E-state index contributed by atoms with van der Waals surface area (Å²) < 4.78 is 0. The van der Waals surface area contributed by atoms with E-state index in [0.29, 0.717) is 6.54 Å². The highest BCUT2D eigenvalue weighted by atomic mass is 32.1. The highest BCUT2D eigenvalue weighted by Gasteiger charge is 2.16. The molecule has 0 aliphatic rings. The second kappa shape index (κ2) is 5.25. The first-order valence-corrected chi connectivity index (χ1v) is 6.39. The minimum absolute atomic E-state index is 0.275. The molecule has 0 spiro atoms. The Hall–Kier alpha value is -1.46. The molecule has 2 aromatic heterocycles. The van der Waals surface area contributed by atoms with Crippen molar-refractivity contribution in [3.8, 4) is 0 Å². The minimum atomic E-state index is 0.275. The number of aromatic nitrogens is 2. The molecular formula is C12H16N4S. The third-order valence-electron chi connectivity index (χ3n) is 2.87. The van der Waals surface area contributed by atoms with Gasteiger partial charge in [-0.3, -0.25) is 0 Å². The zero-order chi connectivity index (χ0) is 12.3. The van der Waals surface area contributed by atoms with Crippen LogP contribution in [0, 0.1) is 0 Å². The van der Waals surface area contributed by atoms with Crippen LogP contribution < -0.4 is 10.6 Å². The lowest BCUT2D eigenvalue weighted by Gasteiger charge is -2.26. The van der Waals surface area contributed by atoms with E-state index in [1.165, 1.54) is 4.88 Å². The van der Waals surface area contributed by atoms with E-state index in [9.17, 15) is 0 Å². The van der Waals surface area contributed by atoms with Crippen molar-refractivity contribution in [2.45, 2.75) is 19.5 Å². The average Bonchev–Trinajstić information content (AvgIpc) is 2.90. The molecule has 5 heteroatoms. The largest absolute Gasteiger partial charge is 0.350 e. The maximum atomic E-state index is 5.72. The minimum Gasteiger partial charge on any atom is -0.350 e. The molecule has 0 fully saturated rings. The van der Waals surface area contributed by atoms with Crippen LogP contribution in [-0.4, -0.2) is 17.2 Å². The summed E-state index contributed by atoms with van der Waals surface area (Å²) in [4.78, 5) is 3.42. The zero-order valence-corrected chi connectivity index (χ0v) is 10.8. The smallest absolute Gasteiger partial charge is 0.156 e. The number of hydrogen-bond acceptors (Lipinski definition) is 5. The predicted molar refractivity (Wildman–Crippen MR) is 71.1 cm³/mol. The van der Waals surface area contributed by atoms with Gasteiger partial charge in [-0.25, -0.2) is 0 Å². The van der Waals surface area contributed by atoms with E-state index in [-0.39, 0.29) is 6.04 Å². The molecule has 0 bridgehead atoms. The van der Waals surface area contributed by atoms with Gasteiger partial charge in [0, 0.05) is 24.0 Å². The van der Waals surface area contributed by atoms with Crippen LogP contribution in [-0.2, 0) is 6.54 Å². The Bertz CT molecular complexity index is 469. The van der Waals surface area contributed by atoms with E-state index < -0.39 is 0 Å². The topological polar surface area (TPSA) is 55.0 Å². The molecule has 0 amide bonds. The van der Waals surface area contributed by atoms with E-state index in [4.69, 9.17) is 5.73 Å². The molecule has 0 aromatic carbocycles. The lowest BCUT2D eigenvalue weighted by molar-refractivity contribution is 0.724. The van der Waals surface area contributed by atoms with Crippen molar-refractivity contribution in [3.05, 3.63) is 40.2 Å².